The predicted octanol–water partition coefficient (Wildman–Crippen LogP) is -1.10. The van der Waals surface area contributed by atoms with Crippen LogP contribution in [0, 0.1) is 0 Å². The molecule has 0 aliphatic heterocycles. The predicted molar refractivity (Wildman–Crippen MR) is 31.9 cm³/mol. The van der Waals surface area contributed by atoms with Crippen LogP contribution in [0.5, 0.6) is 0 Å². The number of aliphatic hydroxyl groups is 2. The van der Waals surface area contributed by atoms with E-state index in [9.17, 15) is 4.79 Å². The van der Waals surface area contributed by atoms with E-state index in [2.05, 4.69) is 0 Å². The third-order valence-corrected chi connectivity index (χ3v) is 0.302. The molecule has 0 bridgehead atoms. The van der Waals surface area contributed by atoms with Crippen LogP contribution in [0.2, 0.25) is 0 Å². The standard InChI is InChI=1S/C3H6O2.CH3O2.Na/c1-2-3(4)5;2-1-3;/h2H2,1H3,(H,4,5);1-3H;. The van der Waals surface area contributed by atoms with E-state index in [1.807, 2.05) is 0 Å². The van der Waals surface area contributed by atoms with Crippen molar-refractivity contribution in [3.8, 4) is 0 Å². The van der Waals surface area contributed by atoms with Gasteiger partial charge in [-0.25, -0.2) is 0 Å². The average Bonchev–Trinajstić information content (AvgIpc) is 1.65. The fourth-order valence-corrected chi connectivity index (χ4v) is 0. The molecule has 0 radical (unpaired) electrons. The molecule has 0 aromatic carbocycles. The second-order valence-corrected chi connectivity index (χ2v) is 2.41. The number of carboxylic acids is 1. The molecule has 4 nitrogen and oxygen atoms in total. The topological polar surface area (TPSA) is 77.8 Å². The molecule has 5 heteroatoms. The number of hydrogen-bond acceptors (Lipinski definition) is 3. The number of carbonyl (C=O) groups is 1. The number of carboxylic acid groups (broad SMARTS) is 1. The first-order chi connectivity index (χ1) is 4.00. The quantitative estimate of drug-likeness (QED) is 0.322. The van der Waals surface area contributed by atoms with Gasteiger partial charge in [0.2, 0.25) is 0 Å². The van der Waals surface area contributed by atoms with E-state index in [0.717, 1.165) is 0 Å². The van der Waals surface area contributed by atoms with Crippen molar-refractivity contribution in [2.75, 3.05) is 0 Å². The fourth-order valence-electron chi connectivity index (χ4n) is 0. The molecule has 0 aromatic rings. The van der Waals surface area contributed by atoms with Crippen molar-refractivity contribution >= 4 is 33.9 Å². The summed E-state index contributed by atoms with van der Waals surface area (Å²) >= 11 is 0.460. The molecule has 0 heterocycles. The van der Waals surface area contributed by atoms with Gasteiger partial charge in [-0.1, -0.05) is 6.92 Å². The molecule has 0 saturated heterocycles. The summed E-state index contributed by atoms with van der Waals surface area (Å²) in [5.41, 5.74) is 0. The normalized spacial score (nSPS) is 8.22. The van der Waals surface area contributed by atoms with Crippen LogP contribution in [0.15, 0.2) is 0 Å². The minimum atomic E-state index is -1.03. The van der Waals surface area contributed by atoms with Crippen molar-refractivity contribution in [3.05, 3.63) is 0 Å². The molecule has 3 N–H and O–H groups in total. The molecule has 0 fully saturated rings. The Labute approximate surface area is 70.9 Å². The molecule has 0 atom stereocenters. The molecular weight excluding hydrogens is 135 g/mol. The Bertz CT molecular complexity index is 70.2. The van der Waals surface area contributed by atoms with Crippen LogP contribution in [0.25, 0.3) is 0 Å². The number of hydrogen-bond donors (Lipinski definition) is 3. The second kappa shape index (κ2) is 8.39. The van der Waals surface area contributed by atoms with Crippen LogP contribution < -0.4 is 0 Å². The SMILES string of the molecule is CCC(=O)O.O[CH](O)[Na]. The van der Waals surface area contributed by atoms with Gasteiger partial charge in [0, 0.05) is 6.42 Å². The van der Waals surface area contributed by atoms with Crippen molar-refractivity contribution in [2.24, 2.45) is 0 Å². The monoisotopic (exact) mass is 144 g/mol. The summed E-state index contributed by atoms with van der Waals surface area (Å²) in [6.45, 7) is 1.60. The zero-order valence-corrected chi connectivity index (χ0v) is 7.53. The van der Waals surface area contributed by atoms with Crippen LogP contribution in [0.3, 0.4) is 0 Å². The van der Waals surface area contributed by atoms with Crippen LogP contribution in [0.4, 0.5) is 0 Å². The Morgan fingerprint density at radius 2 is 1.78 bits per heavy atom. The Kier molecular flexibility index (Phi) is 11.3. The van der Waals surface area contributed by atoms with Crippen molar-refractivity contribution in [1.29, 1.82) is 0 Å². The average molecular weight is 144 g/mol. The van der Waals surface area contributed by atoms with Gasteiger partial charge in [0.25, 0.3) is 0 Å². The van der Waals surface area contributed by atoms with E-state index in [-0.39, 0.29) is 6.42 Å². The van der Waals surface area contributed by atoms with Crippen LogP contribution in [-0.2, 0) is 4.79 Å². The Balaban J connectivity index is 0. The number of rotatable bonds is 1. The maximum atomic E-state index is 9.37. The summed E-state index contributed by atoms with van der Waals surface area (Å²) in [5, 5.41) is 23.1. The van der Waals surface area contributed by atoms with E-state index in [4.69, 9.17) is 15.3 Å². The molecular formula is C4H9NaO4. The van der Waals surface area contributed by atoms with Gasteiger partial charge in [-0.3, -0.25) is 4.79 Å². The molecule has 0 aliphatic rings. The zero-order chi connectivity index (χ0) is 7.86. The summed E-state index contributed by atoms with van der Waals surface area (Å²) in [6.07, 6.45) is 0.222. The number of aliphatic carboxylic acids is 1. The molecule has 0 amide bonds. The molecule has 0 aromatic heterocycles. The fraction of sp³-hybridized carbons (Fsp3) is 0.750. The van der Waals surface area contributed by atoms with Gasteiger partial charge in [-0.15, -0.1) is 0 Å². The summed E-state index contributed by atoms with van der Waals surface area (Å²) in [6, 6.07) is 0. The van der Waals surface area contributed by atoms with E-state index in [1.54, 1.807) is 6.92 Å². The van der Waals surface area contributed by atoms with Crippen LogP contribution in [-0.4, -0.2) is 52.8 Å². The van der Waals surface area contributed by atoms with Crippen molar-refractivity contribution in [3.63, 3.8) is 0 Å². The van der Waals surface area contributed by atoms with Gasteiger partial charge in [0.15, 0.2) is 0 Å². The van der Waals surface area contributed by atoms with E-state index < -0.39 is 9.51 Å². The van der Waals surface area contributed by atoms with Gasteiger partial charge in [0.05, 0.1) is 0 Å². The van der Waals surface area contributed by atoms with Gasteiger partial charge in [-0.2, -0.15) is 0 Å². The van der Waals surface area contributed by atoms with E-state index in [1.165, 1.54) is 0 Å². The molecule has 0 unspecified atom stereocenters. The molecule has 9 heavy (non-hydrogen) atoms. The molecule has 0 spiro atoms. The Hall–Kier alpha value is 0.390. The first-order valence-corrected chi connectivity index (χ1v) is 3.74. The minimum absolute atomic E-state index is 0.222. The summed E-state index contributed by atoms with van der Waals surface area (Å²) < 4.78 is -1.03. The van der Waals surface area contributed by atoms with Gasteiger partial charge < -0.3 is 5.11 Å². The Morgan fingerprint density at radius 1 is 1.67 bits per heavy atom. The van der Waals surface area contributed by atoms with E-state index >= 15 is 0 Å². The molecule has 0 rings (SSSR count). The van der Waals surface area contributed by atoms with Gasteiger partial charge in [0.1, 0.15) is 0 Å². The van der Waals surface area contributed by atoms with Gasteiger partial charge in [-0.05, 0) is 0 Å². The molecule has 0 saturated carbocycles. The summed E-state index contributed by atoms with van der Waals surface area (Å²) in [5.74, 6) is -0.745. The maximum absolute atomic E-state index is 9.37. The second-order valence-electron chi connectivity index (χ2n) is 1.38. The van der Waals surface area contributed by atoms with E-state index in [0.29, 0.717) is 27.9 Å². The van der Waals surface area contributed by atoms with Crippen LogP contribution in [0.1, 0.15) is 13.3 Å². The summed E-state index contributed by atoms with van der Waals surface area (Å²) in [7, 11) is 0. The Morgan fingerprint density at radius 3 is 1.78 bits per heavy atom. The van der Waals surface area contributed by atoms with Gasteiger partial charge >= 0.3 is 47.7 Å². The molecule has 50 valence electrons. The first kappa shape index (κ1) is 12.1. The van der Waals surface area contributed by atoms with Crippen LogP contribution >= 0.6 is 0 Å². The third-order valence-electron chi connectivity index (χ3n) is 0.302. The third kappa shape index (κ3) is 60.0. The van der Waals surface area contributed by atoms with Crippen molar-refractivity contribution in [2.45, 2.75) is 16.9 Å². The van der Waals surface area contributed by atoms with Crippen molar-refractivity contribution < 1.29 is 20.1 Å². The zero-order valence-electron chi connectivity index (χ0n) is 5.53. The first-order valence-electron chi connectivity index (χ1n) is 2.58. The van der Waals surface area contributed by atoms with Crippen molar-refractivity contribution in [1.82, 2.24) is 0 Å². The number of aliphatic hydroxyl groups excluding tert-OH is 1. The molecule has 0 aliphatic carbocycles. The summed E-state index contributed by atoms with van der Waals surface area (Å²) in [4.78, 5) is 9.37.